The lowest BCUT2D eigenvalue weighted by Gasteiger charge is -2.31. The summed E-state index contributed by atoms with van der Waals surface area (Å²) in [5.74, 6) is 2.04. The largest absolute Gasteiger partial charge is 0.497 e. The van der Waals surface area contributed by atoms with Gasteiger partial charge in [-0.3, -0.25) is 0 Å². The Morgan fingerprint density at radius 2 is 2.18 bits per heavy atom. The van der Waals surface area contributed by atoms with E-state index in [1.165, 1.54) is 0 Å². The molecule has 0 aliphatic carbocycles. The molecule has 1 aromatic rings. The Morgan fingerprint density at radius 1 is 1.36 bits per heavy atom. The summed E-state index contributed by atoms with van der Waals surface area (Å²) in [6.45, 7) is 2.93. The van der Waals surface area contributed by atoms with Crippen molar-refractivity contribution in [3.63, 3.8) is 0 Å². The van der Waals surface area contributed by atoms with Gasteiger partial charge in [-0.25, -0.2) is 0 Å². The first-order valence-corrected chi connectivity index (χ1v) is 7.86. The summed E-state index contributed by atoms with van der Waals surface area (Å²) in [5.41, 5.74) is 0. The van der Waals surface area contributed by atoms with Crippen LogP contribution in [0.4, 0.5) is 0 Å². The summed E-state index contributed by atoms with van der Waals surface area (Å²) in [7, 11) is 1.62. The van der Waals surface area contributed by atoms with Crippen molar-refractivity contribution in [2.45, 2.75) is 31.1 Å². The Hall–Kier alpha value is -1.50. The topological polar surface area (TPSA) is 72.0 Å². The van der Waals surface area contributed by atoms with Crippen molar-refractivity contribution in [3.8, 4) is 17.2 Å². The molecule has 0 spiro atoms. The third kappa shape index (κ3) is 3.63. The van der Waals surface area contributed by atoms with Gasteiger partial charge in [0.05, 0.1) is 7.11 Å². The molecule has 122 valence electrons. The summed E-state index contributed by atoms with van der Waals surface area (Å²) >= 11 is 0. The average Bonchev–Trinajstić information content (AvgIpc) is 2.59. The predicted octanol–water partition coefficient (Wildman–Crippen LogP) is 0.538. The molecule has 0 radical (unpaired) electrons. The molecule has 0 aromatic heterocycles. The molecule has 0 amide bonds. The zero-order chi connectivity index (χ0) is 15.4. The van der Waals surface area contributed by atoms with Gasteiger partial charge >= 0.3 is 0 Å². The van der Waals surface area contributed by atoms with E-state index < -0.39 is 6.10 Å². The molecule has 1 aromatic carbocycles. The third-order valence-corrected chi connectivity index (χ3v) is 4.22. The number of ether oxygens (including phenoxy) is 3. The lowest BCUT2D eigenvalue weighted by atomic mass is 10.1. The van der Waals surface area contributed by atoms with Gasteiger partial charge in [0, 0.05) is 18.7 Å². The second-order valence-electron chi connectivity index (χ2n) is 5.78. The van der Waals surface area contributed by atoms with Crippen LogP contribution in [0.3, 0.4) is 0 Å². The number of hydrogen-bond acceptors (Lipinski definition) is 6. The Bertz CT molecular complexity index is 491. The minimum Gasteiger partial charge on any atom is -0.497 e. The highest BCUT2D eigenvalue weighted by Gasteiger charge is 2.28. The van der Waals surface area contributed by atoms with Gasteiger partial charge in [-0.2, -0.15) is 0 Å². The van der Waals surface area contributed by atoms with Gasteiger partial charge in [-0.05, 0) is 38.1 Å². The Labute approximate surface area is 130 Å². The summed E-state index contributed by atoms with van der Waals surface area (Å²) in [4.78, 5) is 0. The molecule has 3 N–H and O–H groups in total. The highest BCUT2D eigenvalue weighted by atomic mass is 16.6. The van der Waals surface area contributed by atoms with E-state index in [1.807, 2.05) is 12.1 Å². The molecule has 0 bridgehead atoms. The van der Waals surface area contributed by atoms with E-state index in [-0.39, 0.29) is 6.10 Å². The molecular weight excluding hydrogens is 284 g/mol. The zero-order valence-electron chi connectivity index (χ0n) is 12.9. The van der Waals surface area contributed by atoms with Crippen molar-refractivity contribution >= 4 is 0 Å². The van der Waals surface area contributed by atoms with Crippen LogP contribution < -0.4 is 24.8 Å². The maximum atomic E-state index is 10.3. The smallest absolute Gasteiger partial charge is 0.165 e. The Morgan fingerprint density at radius 3 is 2.95 bits per heavy atom. The van der Waals surface area contributed by atoms with E-state index in [2.05, 4.69) is 10.6 Å². The molecule has 1 fully saturated rings. The molecule has 2 heterocycles. The summed E-state index contributed by atoms with van der Waals surface area (Å²) in [6.07, 6.45) is 1.25. The fraction of sp³-hybridized carbons (Fsp3) is 0.625. The van der Waals surface area contributed by atoms with Gasteiger partial charge in [-0.15, -0.1) is 0 Å². The van der Waals surface area contributed by atoms with Crippen LogP contribution in [0, 0.1) is 0 Å². The van der Waals surface area contributed by atoms with E-state index in [1.54, 1.807) is 13.2 Å². The molecule has 2 unspecified atom stereocenters. The van der Waals surface area contributed by atoms with Crippen LogP contribution in [0.2, 0.25) is 0 Å². The van der Waals surface area contributed by atoms with Crippen LogP contribution in [0.1, 0.15) is 12.8 Å². The number of nitrogens with one attached hydrogen (secondary N) is 2. The van der Waals surface area contributed by atoms with E-state index in [0.29, 0.717) is 30.7 Å². The van der Waals surface area contributed by atoms with Crippen LogP contribution in [-0.2, 0) is 0 Å². The van der Waals surface area contributed by atoms with Gasteiger partial charge in [0.1, 0.15) is 18.5 Å². The van der Waals surface area contributed by atoms with Gasteiger partial charge in [-0.1, -0.05) is 0 Å². The molecule has 2 atom stereocenters. The van der Waals surface area contributed by atoms with E-state index in [0.717, 1.165) is 31.7 Å². The van der Waals surface area contributed by atoms with Crippen molar-refractivity contribution in [2.75, 3.05) is 33.4 Å². The average molecular weight is 308 g/mol. The molecule has 22 heavy (non-hydrogen) atoms. The Kier molecular flexibility index (Phi) is 5.02. The highest BCUT2D eigenvalue weighted by molar-refractivity contribution is 5.46. The number of fused-ring (bicyclic) bond motifs is 1. The molecule has 6 nitrogen and oxygen atoms in total. The minimum atomic E-state index is -0.592. The first-order valence-electron chi connectivity index (χ1n) is 7.86. The van der Waals surface area contributed by atoms with Gasteiger partial charge < -0.3 is 30.0 Å². The van der Waals surface area contributed by atoms with Gasteiger partial charge in [0.25, 0.3) is 0 Å². The van der Waals surface area contributed by atoms with Crippen molar-refractivity contribution in [2.24, 2.45) is 0 Å². The molecule has 0 saturated carbocycles. The van der Waals surface area contributed by atoms with Crippen LogP contribution in [0.15, 0.2) is 18.2 Å². The highest BCUT2D eigenvalue weighted by Crippen LogP contribution is 2.35. The minimum absolute atomic E-state index is 0.342. The monoisotopic (exact) mass is 308 g/mol. The van der Waals surface area contributed by atoms with Crippen molar-refractivity contribution < 1.29 is 19.3 Å². The number of aliphatic hydroxyl groups excluding tert-OH is 1. The molecule has 2 aliphatic rings. The maximum Gasteiger partial charge on any atom is 0.165 e. The second kappa shape index (κ2) is 7.17. The number of rotatable bonds is 5. The summed E-state index contributed by atoms with van der Waals surface area (Å²) in [5, 5.41) is 17.1. The maximum absolute atomic E-state index is 10.3. The van der Waals surface area contributed by atoms with Gasteiger partial charge in [0.2, 0.25) is 0 Å². The van der Waals surface area contributed by atoms with Crippen LogP contribution in [0.25, 0.3) is 0 Å². The Balaban J connectivity index is 1.52. The summed E-state index contributed by atoms with van der Waals surface area (Å²) < 4.78 is 16.7. The fourth-order valence-corrected chi connectivity index (χ4v) is 2.83. The van der Waals surface area contributed by atoms with Crippen molar-refractivity contribution in [3.05, 3.63) is 18.2 Å². The van der Waals surface area contributed by atoms with Gasteiger partial charge in [0.15, 0.2) is 17.6 Å². The fourth-order valence-electron chi connectivity index (χ4n) is 2.83. The number of hydrogen-bond donors (Lipinski definition) is 3. The number of methoxy groups -OCH3 is 1. The second-order valence-corrected chi connectivity index (χ2v) is 5.78. The van der Waals surface area contributed by atoms with Crippen LogP contribution in [-0.4, -0.2) is 56.7 Å². The standard InChI is InChI=1S/C16H24N2O4/c1-20-12-2-3-14-15(8-12)21-10-16(22-14)13(19)9-18-11-4-6-17-7-5-11/h2-3,8,11,13,16-19H,4-7,9-10H2,1H3. The summed E-state index contributed by atoms with van der Waals surface area (Å²) in [6, 6.07) is 5.90. The van der Waals surface area contributed by atoms with Crippen molar-refractivity contribution in [1.82, 2.24) is 10.6 Å². The predicted molar refractivity (Wildman–Crippen MR) is 82.8 cm³/mol. The van der Waals surface area contributed by atoms with Crippen LogP contribution >= 0.6 is 0 Å². The number of benzene rings is 1. The quantitative estimate of drug-likeness (QED) is 0.737. The molecule has 1 saturated heterocycles. The first kappa shape index (κ1) is 15.4. The SMILES string of the molecule is COc1ccc2c(c1)OCC(C(O)CNC1CCNCC1)O2. The number of aliphatic hydroxyl groups is 1. The third-order valence-electron chi connectivity index (χ3n) is 4.22. The molecule has 6 heteroatoms. The zero-order valence-corrected chi connectivity index (χ0v) is 12.9. The molecule has 3 rings (SSSR count). The van der Waals surface area contributed by atoms with Crippen molar-refractivity contribution in [1.29, 1.82) is 0 Å². The normalized spacial score (nSPS) is 23.1. The van der Waals surface area contributed by atoms with Crippen LogP contribution in [0.5, 0.6) is 17.2 Å². The van der Waals surface area contributed by atoms with E-state index >= 15 is 0 Å². The first-order chi connectivity index (χ1) is 10.8. The lowest BCUT2D eigenvalue weighted by Crippen LogP contribution is -2.48. The molecular formula is C16H24N2O4. The molecule has 2 aliphatic heterocycles. The van der Waals surface area contributed by atoms with E-state index in [4.69, 9.17) is 14.2 Å². The lowest BCUT2D eigenvalue weighted by molar-refractivity contribution is -0.0106. The number of piperidine rings is 1. The van der Waals surface area contributed by atoms with E-state index in [9.17, 15) is 5.11 Å².